The Kier molecular flexibility index (Phi) is 2.03. The second-order valence-corrected chi connectivity index (χ2v) is 3.40. The van der Waals surface area contributed by atoms with Crippen LogP contribution in [-0.4, -0.2) is 4.98 Å². The van der Waals surface area contributed by atoms with Gasteiger partial charge in [0.15, 0.2) is 0 Å². The summed E-state index contributed by atoms with van der Waals surface area (Å²) in [5, 5.41) is 0. The largest absolute Gasteiger partial charge is 0.361 e. The topological polar surface area (TPSA) is 15.8 Å². The van der Waals surface area contributed by atoms with Gasteiger partial charge in [0.05, 0.1) is 0 Å². The van der Waals surface area contributed by atoms with E-state index < -0.39 is 0 Å². The quantitative estimate of drug-likeness (QED) is 0.686. The molecule has 1 heterocycles. The summed E-state index contributed by atoms with van der Waals surface area (Å²) in [6.07, 6.45) is 11.5. The fourth-order valence-electron chi connectivity index (χ4n) is 1.88. The molecule has 0 radical (unpaired) electrons. The van der Waals surface area contributed by atoms with E-state index >= 15 is 0 Å². The molecule has 0 aliphatic heterocycles. The minimum atomic E-state index is 1.21. The Balaban J connectivity index is 2.33. The number of aryl methyl sites for hydroxylation is 1. The van der Waals surface area contributed by atoms with Gasteiger partial charge in [0.25, 0.3) is 0 Å². The van der Waals surface area contributed by atoms with Gasteiger partial charge in [0.1, 0.15) is 0 Å². The zero-order chi connectivity index (χ0) is 8.39. The van der Waals surface area contributed by atoms with E-state index in [9.17, 15) is 0 Å². The number of H-pyrrole nitrogens is 1. The first-order valence-corrected chi connectivity index (χ1v) is 4.77. The predicted octanol–water partition coefficient (Wildman–Crippen LogP) is 2.93. The number of hydrogen-bond acceptors (Lipinski definition) is 0. The summed E-state index contributed by atoms with van der Waals surface area (Å²) in [4.78, 5) is 3.32. The van der Waals surface area contributed by atoms with Crippen LogP contribution in [0.1, 0.15) is 36.6 Å². The summed E-state index contributed by atoms with van der Waals surface area (Å²) < 4.78 is 0. The van der Waals surface area contributed by atoms with Gasteiger partial charge < -0.3 is 4.98 Å². The number of allylic oxidation sites excluding steroid dienone is 1. The number of hydrogen-bond donors (Lipinski definition) is 1. The van der Waals surface area contributed by atoms with Crippen LogP contribution in [-0.2, 0) is 12.8 Å². The summed E-state index contributed by atoms with van der Waals surface area (Å²) in [5.74, 6) is 0. The highest BCUT2D eigenvalue weighted by Gasteiger charge is 2.10. The molecule has 0 spiro atoms. The van der Waals surface area contributed by atoms with E-state index in [1.54, 1.807) is 5.56 Å². The highest BCUT2D eigenvalue weighted by Crippen LogP contribution is 2.22. The van der Waals surface area contributed by atoms with Crippen LogP contribution in [0.4, 0.5) is 0 Å². The van der Waals surface area contributed by atoms with Crippen LogP contribution in [0.2, 0.25) is 0 Å². The number of nitrogens with one attached hydrogen (secondary N) is 1. The van der Waals surface area contributed by atoms with Gasteiger partial charge in [-0.05, 0) is 36.5 Å². The van der Waals surface area contributed by atoms with Gasteiger partial charge in [-0.1, -0.05) is 19.4 Å². The summed E-state index contributed by atoms with van der Waals surface area (Å²) in [7, 11) is 0. The van der Waals surface area contributed by atoms with Gasteiger partial charge in [0, 0.05) is 11.9 Å². The SMILES string of the molecule is CCCc1c[nH]c2c1CCC=C2. The molecule has 0 unspecified atom stereocenters. The summed E-state index contributed by atoms with van der Waals surface area (Å²) in [6.45, 7) is 2.23. The lowest BCUT2D eigenvalue weighted by Gasteiger charge is -2.06. The van der Waals surface area contributed by atoms with Crippen LogP contribution >= 0.6 is 0 Å². The van der Waals surface area contributed by atoms with Crippen molar-refractivity contribution in [3.8, 4) is 0 Å². The van der Waals surface area contributed by atoms with Crippen molar-refractivity contribution in [3.05, 3.63) is 29.1 Å². The molecule has 1 heteroatoms. The average molecular weight is 161 g/mol. The van der Waals surface area contributed by atoms with Crippen molar-refractivity contribution in [2.75, 3.05) is 0 Å². The Labute approximate surface area is 73.5 Å². The molecule has 0 saturated heterocycles. The van der Waals surface area contributed by atoms with Crippen LogP contribution in [0.25, 0.3) is 6.08 Å². The zero-order valence-corrected chi connectivity index (χ0v) is 7.56. The molecule has 0 amide bonds. The molecule has 0 aromatic carbocycles. The molecule has 0 fully saturated rings. The van der Waals surface area contributed by atoms with Crippen molar-refractivity contribution in [3.63, 3.8) is 0 Å². The summed E-state index contributed by atoms with van der Waals surface area (Å²) >= 11 is 0. The van der Waals surface area contributed by atoms with Gasteiger partial charge in [0.2, 0.25) is 0 Å². The van der Waals surface area contributed by atoms with E-state index in [0.29, 0.717) is 0 Å². The maximum Gasteiger partial charge on any atom is 0.0412 e. The fourth-order valence-corrected chi connectivity index (χ4v) is 1.88. The molecule has 1 N–H and O–H groups in total. The molecule has 0 bridgehead atoms. The Bertz CT molecular complexity index is 294. The molecule has 2 rings (SSSR count). The average Bonchev–Trinajstić information content (AvgIpc) is 2.50. The van der Waals surface area contributed by atoms with E-state index in [1.165, 1.54) is 36.9 Å². The fraction of sp³-hybridized carbons (Fsp3) is 0.455. The Morgan fingerprint density at radius 2 is 2.42 bits per heavy atom. The van der Waals surface area contributed by atoms with Crippen LogP contribution in [0.5, 0.6) is 0 Å². The molecule has 1 nitrogen and oxygen atoms in total. The van der Waals surface area contributed by atoms with E-state index in [-0.39, 0.29) is 0 Å². The predicted molar refractivity (Wildman–Crippen MR) is 52.1 cm³/mol. The molecule has 1 aromatic rings. The van der Waals surface area contributed by atoms with Crippen molar-refractivity contribution in [1.29, 1.82) is 0 Å². The molecule has 12 heavy (non-hydrogen) atoms. The first-order valence-electron chi connectivity index (χ1n) is 4.77. The zero-order valence-electron chi connectivity index (χ0n) is 7.56. The number of aromatic amines is 1. The Hall–Kier alpha value is -0.980. The second-order valence-electron chi connectivity index (χ2n) is 3.40. The van der Waals surface area contributed by atoms with E-state index in [4.69, 9.17) is 0 Å². The third kappa shape index (κ3) is 1.20. The normalized spacial score (nSPS) is 14.8. The first-order chi connectivity index (χ1) is 5.92. The molecule has 0 saturated carbocycles. The van der Waals surface area contributed by atoms with Crippen LogP contribution in [0, 0.1) is 0 Å². The molecule has 1 aliphatic carbocycles. The van der Waals surface area contributed by atoms with Crippen LogP contribution in [0.15, 0.2) is 12.3 Å². The van der Waals surface area contributed by atoms with Crippen LogP contribution in [0.3, 0.4) is 0 Å². The van der Waals surface area contributed by atoms with Crippen molar-refractivity contribution in [1.82, 2.24) is 4.98 Å². The summed E-state index contributed by atoms with van der Waals surface area (Å²) in [6, 6.07) is 0. The monoisotopic (exact) mass is 161 g/mol. The molecule has 1 aliphatic rings. The smallest absolute Gasteiger partial charge is 0.0412 e. The van der Waals surface area contributed by atoms with E-state index in [2.05, 4.69) is 30.3 Å². The van der Waals surface area contributed by atoms with Gasteiger partial charge >= 0.3 is 0 Å². The molecular weight excluding hydrogens is 146 g/mol. The maximum absolute atomic E-state index is 3.32. The molecular formula is C11H15N. The van der Waals surface area contributed by atoms with Crippen molar-refractivity contribution in [2.45, 2.75) is 32.6 Å². The number of fused-ring (bicyclic) bond motifs is 1. The Morgan fingerprint density at radius 3 is 3.25 bits per heavy atom. The van der Waals surface area contributed by atoms with Gasteiger partial charge in [-0.15, -0.1) is 0 Å². The highest BCUT2D eigenvalue weighted by molar-refractivity contribution is 5.55. The highest BCUT2D eigenvalue weighted by atomic mass is 14.7. The number of aromatic nitrogens is 1. The first kappa shape index (κ1) is 7.66. The Morgan fingerprint density at radius 1 is 1.50 bits per heavy atom. The van der Waals surface area contributed by atoms with Crippen molar-refractivity contribution >= 4 is 6.08 Å². The second kappa shape index (κ2) is 3.18. The third-order valence-corrected chi connectivity index (χ3v) is 2.48. The summed E-state index contributed by atoms with van der Waals surface area (Å²) in [5.41, 5.74) is 4.42. The van der Waals surface area contributed by atoms with E-state index in [0.717, 1.165) is 0 Å². The van der Waals surface area contributed by atoms with Gasteiger partial charge in [-0.25, -0.2) is 0 Å². The lowest BCUT2D eigenvalue weighted by Crippen LogP contribution is -1.94. The molecule has 0 atom stereocenters. The van der Waals surface area contributed by atoms with E-state index in [1.807, 2.05) is 0 Å². The lowest BCUT2D eigenvalue weighted by molar-refractivity contribution is 0.888. The van der Waals surface area contributed by atoms with Gasteiger partial charge in [-0.3, -0.25) is 0 Å². The maximum atomic E-state index is 3.32. The molecule has 1 aromatic heterocycles. The van der Waals surface area contributed by atoms with Crippen molar-refractivity contribution < 1.29 is 0 Å². The van der Waals surface area contributed by atoms with Crippen molar-refractivity contribution in [2.24, 2.45) is 0 Å². The van der Waals surface area contributed by atoms with Gasteiger partial charge in [-0.2, -0.15) is 0 Å². The minimum Gasteiger partial charge on any atom is -0.361 e. The molecule has 64 valence electrons. The number of rotatable bonds is 2. The third-order valence-electron chi connectivity index (χ3n) is 2.48. The standard InChI is InChI=1S/C11H15N/c1-2-5-9-8-12-11-7-4-3-6-10(9)11/h4,7-8,12H,2-3,5-6H2,1H3. The minimum absolute atomic E-state index is 1.21. The van der Waals surface area contributed by atoms with Crippen LogP contribution < -0.4 is 0 Å². The lowest BCUT2D eigenvalue weighted by atomic mass is 9.98.